The maximum absolute atomic E-state index is 12.8. The lowest BCUT2D eigenvalue weighted by atomic mass is 10.1. The summed E-state index contributed by atoms with van der Waals surface area (Å²) in [5.74, 6) is -1.69. The number of aliphatic hydroxyl groups is 4. The van der Waals surface area contributed by atoms with Gasteiger partial charge in [-0.3, -0.25) is 28.0 Å². The van der Waals surface area contributed by atoms with E-state index in [4.69, 9.17) is 0 Å². The topological polar surface area (TPSA) is 430 Å². The molecule has 32 heteroatoms. The van der Waals surface area contributed by atoms with Gasteiger partial charge in [-0.25, -0.2) is 0 Å². The first-order valence-corrected chi connectivity index (χ1v) is 26.2. The van der Waals surface area contributed by atoms with E-state index in [9.17, 15) is 72.3 Å². The first kappa shape index (κ1) is 54.3. The second kappa shape index (κ2) is 21.3. The maximum atomic E-state index is 12.8. The van der Waals surface area contributed by atoms with E-state index in [-0.39, 0.29) is 69.6 Å². The lowest BCUT2D eigenvalue weighted by Gasteiger charge is -2.28. The zero-order chi connectivity index (χ0) is 53.1. The summed E-state index contributed by atoms with van der Waals surface area (Å²) in [6.07, 6.45) is -3.24. The Morgan fingerprint density at radius 3 is 0.917 bits per heavy atom. The van der Waals surface area contributed by atoms with Gasteiger partial charge in [-0.1, -0.05) is 24.3 Å². The summed E-state index contributed by atoms with van der Waals surface area (Å²) in [7, 11) is -19.1. The second-order valence-electron chi connectivity index (χ2n) is 15.2. The number of rotatable bonds is 20. The van der Waals surface area contributed by atoms with E-state index in [0.717, 1.165) is 58.4 Å². The Labute approximate surface area is 410 Å². The summed E-state index contributed by atoms with van der Waals surface area (Å²) < 4.78 is 136. The van der Waals surface area contributed by atoms with Crippen LogP contribution in [-0.4, -0.2) is 127 Å². The SMILES string of the molecule is CC(O)N(c1nc(Nc2ccc(S(=O)(=O)O)cc2)nc(Nc2ccc(C=Cc3ccc(Nc4nc(Nc5ccc(S(=O)(=O)O)cc5)nc(N(C(C)O)C(C)O)n4)cc3S(=O)(=O)O)c(S(=O)(=O)O)c2)n1)C(C)O. The molecule has 0 saturated carbocycles. The number of hydrogen-bond donors (Lipinski definition) is 12. The molecule has 4 atom stereocenters. The fourth-order valence-electron chi connectivity index (χ4n) is 6.54. The molecule has 6 aromatic rings. The van der Waals surface area contributed by atoms with E-state index in [1.54, 1.807) is 0 Å². The third kappa shape index (κ3) is 13.9. The van der Waals surface area contributed by atoms with Gasteiger partial charge >= 0.3 is 0 Å². The first-order chi connectivity index (χ1) is 33.5. The molecule has 0 bridgehead atoms. The van der Waals surface area contributed by atoms with Gasteiger partial charge in [0, 0.05) is 22.7 Å². The van der Waals surface area contributed by atoms with Gasteiger partial charge in [-0.15, -0.1) is 0 Å². The Morgan fingerprint density at radius 2 is 0.667 bits per heavy atom. The van der Waals surface area contributed by atoms with Gasteiger partial charge in [0.25, 0.3) is 40.5 Å². The predicted molar refractivity (Wildman–Crippen MR) is 258 cm³/mol. The molecular formula is C40H44N12O16S4. The number of benzene rings is 4. The first-order valence-electron chi connectivity index (χ1n) is 20.4. The molecule has 0 spiro atoms. The van der Waals surface area contributed by atoms with E-state index in [1.807, 2.05) is 0 Å². The molecule has 2 aromatic heterocycles. The quantitative estimate of drug-likeness (QED) is 0.0297. The van der Waals surface area contributed by atoms with Crippen LogP contribution in [-0.2, 0) is 40.5 Å². The number of aromatic nitrogens is 6. The van der Waals surface area contributed by atoms with Crippen LogP contribution in [0.25, 0.3) is 12.2 Å². The molecule has 2 heterocycles. The average molecular weight is 1080 g/mol. The monoisotopic (exact) mass is 1080 g/mol. The Morgan fingerprint density at radius 1 is 0.403 bits per heavy atom. The normalized spacial score (nSPS) is 14.0. The number of hydrogen-bond acceptors (Lipinski definition) is 24. The van der Waals surface area contributed by atoms with E-state index >= 15 is 0 Å². The molecule has 28 nitrogen and oxygen atoms in total. The van der Waals surface area contributed by atoms with Crippen molar-refractivity contribution in [1.29, 1.82) is 0 Å². The fourth-order valence-corrected chi connectivity index (χ4v) is 8.92. The maximum Gasteiger partial charge on any atom is 0.295 e. The smallest absolute Gasteiger partial charge is 0.295 e. The minimum Gasteiger partial charge on any atom is -0.374 e. The summed E-state index contributed by atoms with van der Waals surface area (Å²) >= 11 is 0. The lowest BCUT2D eigenvalue weighted by Crippen LogP contribution is -2.41. The summed E-state index contributed by atoms with van der Waals surface area (Å²) in [5, 5.41) is 52.7. The molecule has 72 heavy (non-hydrogen) atoms. The number of aliphatic hydroxyl groups excluding tert-OH is 4. The highest BCUT2D eigenvalue weighted by molar-refractivity contribution is 7.86. The van der Waals surface area contributed by atoms with Crippen LogP contribution in [0.5, 0.6) is 0 Å². The predicted octanol–water partition coefficient (Wildman–Crippen LogP) is 3.15. The molecule has 12 N–H and O–H groups in total. The van der Waals surface area contributed by atoms with Gasteiger partial charge in [0.2, 0.25) is 35.7 Å². The highest BCUT2D eigenvalue weighted by Gasteiger charge is 2.25. The zero-order valence-corrected chi connectivity index (χ0v) is 40.9. The second-order valence-corrected chi connectivity index (χ2v) is 20.8. The molecule has 0 saturated heterocycles. The Balaban J connectivity index is 1.32. The van der Waals surface area contributed by atoms with Gasteiger partial charge in [0.1, 0.15) is 34.7 Å². The third-order valence-corrected chi connectivity index (χ3v) is 13.2. The van der Waals surface area contributed by atoms with Crippen molar-refractivity contribution in [2.24, 2.45) is 0 Å². The Kier molecular flexibility index (Phi) is 16.1. The Hall–Kier alpha value is -7.08. The van der Waals surface area contributed by atoms with Crippen molar-refractivity contribution in [1.82, 2.24) is 29.9 Å². The van der Waals surface area contributed by atoms with Crippen LogP contribution >= 0.6 is 0 Å². The van der Waals surface area contributed by atoms with E-state index in [1.165, 1.54) is 76.2 Å². The van der Waals surface area contributed by atoms with Crippen LogP contribution in [0.3, 0.4) is 0 Å². The summed E-state index contributed by atoms with van der Waals surface area (Å²) in [4.78, 5) is 25.0. The van der Waals surface area contributed by atoms with Gasteiger partial charge < -0.3 is 41.7 Å². The van der Waals surface area contributed by atoms with Crippen molar-refractivity contribution in [2.75, 3.05) is 31.1 Å². The van der Waals surface area contributed by atoms with Crippen molar-refractivity contribution >= 4 is 111 Å². The van der Waals surface area contributed by atoms with Crippen LogP contribution in [0.4, 0.5) is 58.4 Å². The molecule has 0 aliphatic carbocycles. The van der Waals surface area contributed by atoms with Crippen LogP contribution in [0.1, 0.15) is 38.8 Å². The molecule has 4 unspecified atom stereocenters. The Bertz CT molecular complexity index is 3220. The van der Waals surface area contributed by atoms with Crippen molar-refractivity contribution in [3.8, 4) is 0 Å². The molecule has 0 radical (unpaired) electrons. The fraction of sp³-hybridized carbons (Fsp3) is 0.200. The van der Waals surface area contributed by atoms with Gasteiger partial charge in [0.15, 0.2) is 0 Å². The van der Waals surface area contributed by atoms with Gasteiger partial charge in [0.05, 0.1) is 9.79 Å². The van der Waals surface area contributed by atoms with Crippen molar-refractivity contribution in [3.05, 3.63) is 96.1 Å². The molecule has 6 rings (SSSR count). The summed E-state index contributed by atoms with van der Waals surface area (Å²) in [5.41, 5.74) is -0.0859. The molecule has 4 aromatic carbocycles. The number of anilines is 10. The lowest BCUT2D eigenvalue weighted by molar-refractivity contribution is 0.102. The highest BCUT2D eigenvalue weighted by Crippen LogP contribution is 2.30. The van der Waals surface area contributed by atoms with E-state index in [0.29, 0.717) is 0 Å². The minimum absolute atomic E-state index is 0.0602. The molecule has 0 aliphatic rings. The minimum atomic E-state index is -5.05. The average Bonchev–Trinajstić information content (AvgIpc) is 3.24. The molecule has 0 aliphatic heterocycles. The van der Waals surface area contributed by atoms with E-state index < -0.39 is 85.0 Å². The van der Waals surface area contributed by atoms with Crippen LogP contribution < -0.4 is 31.1 Å². The highest BCUT2D eigenvalue weighted by atomic mass is 32.2. The summed E-state index contributed by atoms with van der Waals surface area (Å²) in [6.45, 7) is 5.22. The summed E-state index contributed by atoms with van der Waals surface area (Å²) in [6, 6.07) is 16.4. The van der Waals surface area contributed by atoms with Crippen LogP contribution in [0.15, 0.2) is 105 Å². The van der Waals surface area contributed by atoms with Crippen LogP contribution in [0, 0.1) is 0 Å². The largest absolute Gasteiger partial charge is 0.374 e. The number of nitrogens with zero attached hydrogens (tertiary/aromatic N) is 8. The molecule has 0 amide bonds. The van der Waals surface area contributed by atoms with Crippen LogP contribution in [0.2, 0.25) is 0 Å². The molecular weight excluding hydrogens is 1030 g/mol. The van der Waals surface area contributed by atoms with Gasteiger partial charge in [-0.05, 0) is 112 Å². The molecule has 384 valence electrons. The van der Waals surface area contributed by atoms with Crippen molar-refractivity contribution in [3.63, 3.8) is 0 Å². The van der Waals surface area contributed by atoms with Crippen molar-refractivity contribution in [2.45, 2.75) is 72.2 Å². The number of nitrogens with one attached hydrogen (secondary N) is 4. The third-order valence-electron chi connectivity index (χ3n) is 9.67. The van der Waals surface area contributed by atoms with Crippen molar-refractivity contribution < 1.29 is 72.3 Å². The van der Waals surface area contributed by atoms with E-state index in [2.05, 4.69) is 51.2 Å². The molecule has 0 fully saturated rings. The standard InChI is InChI=1S/C40H44N12O16S4/c1-21(53)51(22(2)54)39-47-35(41-27-11-15-31(16-12-27)69(57,58)59)45-37(49-39)43-29-9-7-25(33(19-29)71(63,64)65)5-6-26-8-10-30(20-34(26)72(66,67)68)44-38-46-36(48-40(50-38)52(23(3)55)24(4)56)42-28-13-17-32(18-14-28)70(60,61)62/h5-24,53-56H,1-4H3,(H,57,58,59)(H,60,61,62)(H,63,64,65)(H,66,67,68)(H2,41,43,45,47,49)(H2,42,44,46,48,50). The van der Waals surface area contributed by atoms with Gasteiger partial charge in [-0.2, -0.15) is 63.6 Å². The zero-order valence-electron chi connectivity index (χ0n) is 37.6.